The molecule has 4 heteroatoms. The molecule has 1 heterocycles. The lowest BCUT2D eigenvalue weighted by atomic mass is 10.0. The number of hydrogen-bond acceptors (Lipinski definition) is 4. The number of benzene rings is 2. The molecule has 0 aliphatic rings. The second kappa shape index (κ2) is 5.85. The third kappa shape index (κ3) is 2.51. The Morgan fingerprint density at radius 2 is 1.77 bits per heavy atom. The van der Waals surface area contributed by atoms with E-state index < -0.39 is 5.97 Å². The minimum atomic E-state index is -0.457. The Kier molecular flexibility index (Phi) is 3.74. The van der Waals surface area contributed by atoms with Gasteiger partial charge in [-0.3, -0.25) is 0 Å². The van der Waals surface area contributed by atoms with Crippen LogP contribution in [0, 0.1) is 0 Å². The van der Waals surface area contributed by atoms with Gasteiger partial charge in [0.15, 0.2) is 0 Å². The van der Waals surface area contributed by atoms with Crippen LogP contribution in [0.25, 0.3) is 22.0 Å². The van der Waals surface area contributed by atoms with Crippen LogP contribution >= 0.6 is 0 Å². The summed E-state index contributed by atoms with van der Waals surface area (Å²) in [5.41, 5.74) is 1.98. The molecular weight excluding hydrogens is 278 g/mol. The Bertz CT molecular complexity index is 828. The van der Waals surface area contributed by atoms with Crippen LogP contribution in [0.2, 0.25) is 0 Å². The molecule has 0 aliphatic carbocycles. The highest BCUT2D eigenvalue weighted by Crippen LogP contribution is 2.30. The van der Waals surface area contributed by atoms with Crippen molar-refractivity contribution in [2.24, 2.45) is 0 Å². The maximum Gasteiger partial charge on any atom is 0.356 e. The summed E-state index contributed by atoms with van der Waals surface area (Å²) in [6, 6.07) is 17.2. The lowest BCUT2D eigenvalue weighted by molar-refractivity contribution is 0.0594. The number of methoxy groups -OCH3 is 2. The largest absolute Gasteiger partial charge is 0.497 e. The number of pyridine rings is 1. The zero-order valence-electron chi connectivity index (χ0n) is 12.4. The van der Waals surface area contributed by atoms with Gasteiger partial charge in [-0.15, -0.1) is 0 Å². The van der Waals surface area contributed by atoms with Gasteiger partial charge in [-0.25, -0.2) is 9.78 Å². The van der Waals surface area contributed by atoms with Gasteiger partial charge < -0.3 is 9.47 Å². The van der Waals surface area contributed by atoms with Crippen LogP contribution in [0.3, 0.4) is 0 Å². The Morgan fingerprint density at radius 1 is 1.00 bits per heavy atom. The van der Waals surface area contributed by atoms with E-state index in [0.29, 0.717) is 0 Å². The maximum atomic E-state index is 11.9. The summed E-state index contributed by atoms with van der Waals surface area (Å²) >= 11 is 0. The number of aromatic nitrogens is 1. The minimum absolute atomic E-state index is 0.280. The zero-order valence-corrected chi connectivity index (χ0v) is 12.4. The van der Waals surface area contributed by atoms with E-state index in [-0.39, 0.29) is 5.69 Å². The van der Waals surface area contributed by atoms with Crippen molar-refractivity contribution >= 4 is 16.7 Å². The molecule has 0 amide bonds. The predicted octanol–water partition coefficient (Wildman–Crippen LogP) is 3.70. The first-order valence-electron chi connectivity index (χ1n) is 6.85. The summed E-state index contributed by atoms with van der Waals surface area (Å²) in [5.74, 6) is 0.274. The number of ether oxygens (including phenoxy) is 2. The molecule has 4 nitrogen and oxygen atoms in total. The van der Waals surface area contributed by atoms with Crippen LogP contribution in [0.5, 0.6) is 5.75 Å². The van der Waals surface area contributed by atoms with Crippen LogP contribution in [-0.2, 0) is 4.74 Å². The van der Waals surface area contributed by atoms with Gasteiger partial charge in [0.25, 0.3) is 0 Å². The highest BCUT2D eigenvalue weighted by Gasteiger charge is 2.14. The summed E-state index contributed by atoms with van der Waals surface area (Å²) < 4.78 is 10.1. The van der Waals surface area contributed by atoms with Gasteiger partial charge in [-0.1, -0.05) is 30.3 Å². The molecule has 0 saturated heterocycles. The summed E-state index contributed by atoms with van der Waals surface area (Å²) in [5, 5.41) is 1.84. The second-order valence-corrected chi connectivity index (χ2v) is 4.80. The van der Waals surface area contributed by atoms with Crippen LogP contribution in [-0.4, -0.2) is 25.2 Å². The number of fused-ring (bicyclic) bond motifs is 1. The van der Waals surface area contributed by atoms with Crippen molar-refractivity contribution in [1.29, 1.82) is 0 Å². The maximum absolute atomic E-state index is 11.9. The van der Waals surface area contributed by atoms with Gasteiger partial charge in [0, 0.05) is 10.9 Å². The van der Waals surface area contributed by atoms with Crippen molar-refractivity contribution in [3.63, 3.8) is 0 Å². The first-order chi connectivity index (χ1) is 10.7. The fourth-order valence-corrected chi connectivity index (χ4v) is 2.39. The molecular formula is C18H15NO3. The summed E-state index contributed by atoms with van der Waals surface area (Å²) in [6.45, 7) is 0. The fraction of sp³-hybridized carbons (Fsp3) is 0.111. The molecule has 22 heavy (non-hydrogen) atoms. The lowest BCUT2D eigenvalue weighted by Crippen LogP contribution is -2.05. The van der Waals surface area contributed by atoms with Crippen LogP contribution in [0.1, 0.15) is 10.5 Å². The van der Waals surface area contributed by atoms with Crippen molar-refractivity contribution in [2.75, 3.05) is 14.2 Å². The van der Waals surface area contributed by atoms with Crippen LogP contribution in [0.15, 0.2) is 54.6 Å². The second-order valence-electron chi connectivity index (χ2n) is 4.80. The predicted molar refractivity (Wildman–Crippen MR) is 85.1 cm³/mol. The van der Waals surface area contributed by atoms with Crippen molar-refractivity contribution in [3.8, 4) is 17.0 Å². The highest BCUT2D eigenvalue weighted by molar-refractivity contribution is 6.00. The molecule has 0 radical (unpaired) electrons. The normalized spacial score (nSPS) is 10.5. The molecule has 2 aromatic carbocycles. The number of rotatable bonds is 3. The fourth-order valence-electron chi connectivity index (χ4n) is 2.39. The van der Waals surface area contributed by atoms with Crippen molar-refractivity contribution in [2.45, 2.75) is 0 Å². The first-order valence-corrected chi connectivity index (χ1v) is 6.85. The summed E-state index contributed by atoms with van der Waals surface area (Å²) in [7, 11) is 2.96. The van der Waals surface area contributed by atoms with Gasteiger partial charge in [0.2, 0.25) is 0 Å². The summed E-state index contributed by atoms with van der Waals surface area (Å²) in [4.78, 5) is 16.4. The van der Waals surface area contributed by atoms with Gasteiger partial charge in [-0.05, 0) is 29.7 Å². The molecule has 0 bridgehead atoms. The van der Waals surface area contributed by atoms with E-state index >= 15 is 0 Å². The van der Waals surface area contributed by atoms with E-state index in [9.17, 15) is 4.79 Å². The summed E-state index contributed by atoms with van der Waals surface area (Å²) in [6.07, 6.45) is 0. The molecule has 110 valence electrons. The van der Waals surface area contributed by atoms with E-state index in [0.717, 1.165) is 27.8 Å². The number of carbonyl (C=O) groups is 1. The van der Waals surface area contributed by atoms with E-state index in [1.165, 1.54) is 7.11 Å². The van der Waals surface area contributed by atoms with Crippen molar-refractivity contribution in [1.82, 2.24) is 4.98 Å². The molecule has 0 saturated carbocycles. The van der Waals surface area contributed by atoms with Gasteiger partial charge in [-0.2, -0.15) is 0 Å². The third-order valence-corrected chi connectivity index (χ3v) is 3.48. The topological polar surface area (TPSA) is 48.4 Å². The van der Waals surface area contributed by atoms with E-state index in [4.69, 9.17) is 9.47 Å². The minimum Gasteiger partial charge on any atom is -0.497 e. The lowest BCUT2D eigenvalue weighted by Gasteiger charge is -2.10. The van der Waals surface area contributed by atoms with Gasteiger partial charge >= 0.3 is 5.97 Å². The number of nitrogens with zero attached hydrogens (tertiary/aromatic N) is 1. The molecule has 0 unspecified atom stereocenters. The van der Waals surface area contributed by atoms with Crippen molar-refractivity contribution in [3.05, 3.63) is 60.3 Å². The van der Waals surface area contributed by atoms with Gasteiger partial charge in [0.05, 0.1) is 19.9 Å². The molecule has 0 fully saturated rings. The Morgan fingerprint density at radius 3 is 2.45 bits per heavy atom. The molecule has 0 spiro atoms. The van der Waals surface area contributed by atoms with E-state index in [1.54, 1.807) is 13.2 Å². The molecule has 0 atom stereocenters. The molecule has 1 aromatic heterocycles. The van der Waals surface area contributed by atoms with Crippen LogP contribution < -0.4 is 4.74 Å². The first kappa shape index (κ1) is 14.1. The molecule has 0 aliphatic heterocycles. The quantitative estimate of drug-likeness (QED) is 0.691. The van der Waals surface area contributed by atoms with E-state index in [2.05, 4.69) is 4.98 Å². The third-order valence-electron chi connectivity index (χ3n) is 3.48. The van der Waals surface area contributed by atoms with Crippen LogP contribution in [0.4, 0.5) is 0 Å². The molecule has 3 rings (SSSR count). The molecule has 0 N–H and O–H groups in total. The van der Waals surface area contributed by atoms with Crippen molar-refractivity contribution < 1.29 is 14.3 Å². The molecule has 3 aromatic rings. The Labute approximate surface area is 128 Å². The smallest absolute Gasteiger partial charge is 0.356 e. The average Bonchev–Trinajstić information content (AvgIpc) is 2.60. The SMILES string of the molecule is COC(=O)c1cc2cc(OC)ccc2c(-c2ccccc2)n1. The number of esters is 1. The van der Waals surface area contributed by atoms with E-state index in [1.807, 2.05) is 48.5 Å². The average molecular weight is 293 g/mol. The highest BCUT2D eigenvalue weighted by atomic mass is 16.5. The number of carbonyl (C=O) groups excluding carboxylic acids is 1. The van der Waals surface area contributed by atoms with Gasteiger partial charge in [0.1, 0.15) is 11.4 Å². The zero-order chi connectivity index (χ0) is 15.5. The Balaban J connectivity index is 2.30. The number of hydrogen-bond donors (Lipinski definition) is 0. The standard InChI is InChI=1S/C18H15NO3/c1-21-14-8-9-15-13(10-14)11-16(18(20)22-2)19-17(15)12-6-4-3-5-7-12/h3-11H,1-2H3. The Hall–Kier alpha value is -2.88. The monoisotopic (exact) mass is 293 g/mol.